The summed E-state index contributed by atoms with van der Waals surface area (Å²) in [5.74, 6) is -1.01. The van der Waals surface area contributed by atoms with Crippen molar-refractivity contribution in [1.29, 1.82) is 0 Å². The average Bonchev–Trinajstić information content (AvgIpc) is 2.03. The molecule has 0 atom stereocenters. The molecule has 1 N–H and O–H groups in total. The number of alkyl halides is 6. The summed E-state index contributed by atoms with van der Waals surface area (Å²) in [7, 11) is -3.98. The Morgan fingerprint density at radius 2 is 1.31 bits per heavy atom. The highest BCUT2D eigenvalue weighted by atomic mass is 32.2. The smallest absolute Gasteiger partial charge is 0.503 e. The summed E-state index contributed by atoms with van der Waals surface area (Å²) in [6, 6.07) is 3.55. The van der Waals surface area contributed by atoms with Crippen LogP contribution >= 0.6 is 0 Å². The monoisotopic (exact) mass is 263 g/mol. The van der Waals surface area contributed by atoms with Gasteiger partial charge in [-0.15, -0.1) is 26.3 Å². The van der Waals surface area contributed by atoms with Gasteiger partial charge in [-0.1, -0.05) is 12.1 Å². The molecule has 1 nitrogen and oxygen atoms in total. The molecule has 1 aromatic carbocycles. The van der Waals surface area contributed by atoms with Crippen molar-refractivity contribution in [2.24, 2.45) is 0 Å². The summed E-state index contributed by atoms with van der Waals surface area (Å²) in [5.41, 5.74) is -10.9. The zero-order valence-electron chi connectivity index (χ0n) is 7.43. The number of halogens is 6. The number of hydrogen-bond donors (Lipinski definition) is 1. The van der Waals surface area contributed by atoms with Gasteiger partial charge in [0.05, 0.1) is 0 Å². The number of aromatic hydroxyl groups is 1. The molecular weight excluding hydrogens is 258 g/mol. The molecule has 0 aliphatic rings. The topological polar surface area (TPSA) is 20.2 Å². The quantitative estimate of drug-likeness (QED) is 0.608. The van der Waals surface area contributed by atoms with E-state index >= 15 is 0 Å². The van der Waals surface area contributed by atoms with Crippen LogP contribution in [0.25, 0.3) is 0 Å². The summed E-state index contributed by atoms with van der Waals surface area (Å²) in [6.07, 6.45) is 0. The molecule has 8 heteroatoms. The van der Waals surface area contributed by atoms with Crippen molar-refractivity contribution in [2.75, 3.05) is 0 Å². The lowest BCUT2D eigenvalue weighted by molar-refractivity contribution is -0.0775. The van der Waals surface area contributed by atoms with Crippen molar-refractivity contribution in [2.45, 2.75) is 15.9 Å². The molecule has 90 valence electrons. The van der Waals surface area contributed by atoms with Crippen LogP contribution in [0.4, 0.5) is 26.3 Å². The molecule has 0 radical (unpaired) electrons. The van der Waals surface area contributed by atoms with Crippen molar-refractivity contribution < 1.29 is 31.4 Å². The van der Waals surface area contributed by atoms with Gasteiger partial charge in [-0.25, -0.2) is 0 Å². The molecule has 0 saturated heterocycles. The molecule has 1 aromatic rings. The Morgan fingerprint density at radius 3 is 1.69 bits per heavy atom. The third-order valence-corrected chi connectivity index (χ3v) is 3.26. The van der Waals surface area contributed by atoms with Crippen LogP contribution in [-0.4, -0.2) is 16.1 Å². The standard InChI is InChI=1S/C8H4F6OS/c9-7(10,11)16(8(12,13)14)6-4-2-1-3-5(6)15/h1-4H/p+1. The molecule has 0 aromatic heterocycles. The van der Waals surface area contributed by atoms with Crippen LogP contribution in [0, 0.1) is 0 Å². The van der Waals surface area contributed by atoms with Gasteiger partial charge in [-0.3, -0.25) is 0 Å². The second-order valence-electron chi connectivity index (χ2n) is 2.67. The lowest BCUT2D eigenvalue weighted by Crippen LogP contribution is -2.36. The molecule has 0 amide bonds. The molecule has 0 spiro atoms. The first-order valence-corrected chi connectivity index (χ1v) is 5.02. The Morgan fingerprint density at radius 1 is 0.875 bits per heavy atom. The van der Waals surface area contributed by atoms with Gasteiger partial charge >= 0.3 is 11.0 Å². The summed E-state index contributed by atoms with van der Waals surface area (Å²) in [6.45, 7) is 0. The first-order chi connectivity index (χ1) is 7.14. The Hall–Kier alpha value is -1.05. The maximum Gasteiger partial charge on any atom is 0.589 e. The molecule has 0 unspecified atom stereocenters. The minimum Gasteiger partial charge on any atom is -0.503 e. The maximum absolute atomic E-state index is 12.3. The first-order valence-electron chi connectivity index (χ1n) is 3.80. The summed E-state index contributed by atoms with van der Waals surface area (Å²) in [5, 5.41) is 9.01. The summed E-state index contributed by atoms with van der Waals surface area (Å²) >= 11 is 0. The molecular formula is C8H5F6OS+. The van der Waals surface area contributed by atoms with Crippen LogP contribution in [0.5, 0.6) is 5.75 Å². The lowest BCUT2D eigenvalue weighted by Gasteiger charge is -2.12. The first kappa shape index (κ1) is 13.0. The molecule has 1 rings (SSSR count). The maximum atomic E-state index is 12.3. The Kier molecular flexibility index (Phi) is 3.32. The van der Waals surface area contributed by atoms with E-state index < -0.39 is 32.6 Å². The fraction of sp³-hybridized carbons (Fsp3) is 0.250. The van der Waals surface area contributed by atoms with Crippen LogP contribution < -0.4 is 0 Å². The number of para-hydroxylation sites is 1. The van der Waals surface area contributed by atoms with Crippen molar-refractivity contribution >= 4 is 10.9 Å². The van der Waals surface area contributed by atoms with Gasteiger partial charge in [0.25, 0.3) is 10.9 Å². The van der Waals surface area contributed by atoms with Crippen LogP contribution in [-0.2, 0) is 10.9 Å². The highest BCUT2D eigenvalue weighted by Crippen LogP contribution is 2.46. The molecule has 0 heterocycles. The number of phenols is 1. The van der Waals surface area contributed by atoms with Gasteiger partial charge in [0, 0.05) is 0 Å². The van der Waals surface area contributed by atoms with Crippen molar-refractivity contribution in [3.8, 4) is 5.75 Å². The second-order valence-corrected chi connectivity index (χ2v) is 4.64. The Bertz CT molecular complexity index is 358. The van der Waals surface area contributed by atoms with Gasteiger partial charge in [0.1, 0.15) is 0 Å². The number of phenolic OH excluding ortho intramolecular Hbond substituents is 1. The van der Waals surface area contributed by atoms with E-state index in [2.05, 4.69) is 0 Å². The van der Waals surface area contributed by atoms with E-state index in [1.807, 2.05) is 0 Å². The van der Waals surface area contributed by atoms with Crippen LogP contribution in [0.15, 0.2) is 29.2 Å². The van der Waals surface area contributed by atoms with Gasteiger partial charge in [0.15, 0.2) is 5.75 Å². The fourth-order valence-electron chi connectivity index (χ4n) is 1.01. The van der Waals surface area contributed by atoms with Gasteiger partial charge < -0.3 is 5.11 Å². The van der Waals surface area contributed by atoms with E-state index in [9.17, 15) is 26.3 Å². The molecule has 0 fully saturated rings. The van der Waals surface area contributed by atoms with E-state index in [-0.39, 0.29) is 0 Å². The van der Waals surface area contributed by atoms with E-state index in [0.717, 1.165) is 18.2 Å². The third-order valence-electron chi connectivity index (χ3n) is 1.55. The van der Waals surface area contributed by atoms with Crippen molar-refractivity contribution in [1.82, 2.24) is 0 Å². The SMILES string of the molecule is Oc1ccccc1[S+](C(F)(F)F)C(F)(F)F. The summed E-state index contributed by atoms with van der Waals surface area (Å²) < 4.78 is 73.6. The normalized spacial score (nSPS) is 13.2. The van der Waals surface area contributed by atoms with Gasteiger partial charge in [-0.05, 0) is 12.1 Å². The molecule has 0 bridgehead atoms. The zero-order valence-corrected chi connectivity index (χ0v) is 8.25. The minimum absolute atomic E-state index is 0.611. The van der Waals surface area contributed by atoms with Crippen molar-refractivity contribution in [3.05, 3.63) is 24.3 Å². The molecule has 0 aliphatic carbocycles. The number of rotatable bonds is 1. The zero-order chi connectivity index (χ0) is 12.6. The van der Waals surface area contributed by atoms with Gasteiger partial charge in [0.2, 0.25) is 4.90 Å². The van der Waals surface area contributed by atoms with E-state index in [1.165, 1.54) is 0 Å². The van der Waals surface area contributed by atoms with Crippen molar-refractivity contribution in [3.63, 3.8) is 0 Å². The predicted octanol–water partition coefficient (Wildman–Crippen LogP) is 3.41. The average molecular weight is 263 g/mol. The van der Waals surface area contributed by atoms with E-state index in [0.29, 0.717) is 6.07 Å². The Balaban J connectivity index is 3.29. The van der Waals surface area contributed by atoms with E-state index in [4.69, 9.17) is 5.11 Å². The summed E-state index contributed by atoms with van der Waals surface area (Å²) in [4.78, 5) is -1.16. The van der Waals surface area contributed by atoms with Crippen LogP contribution in [0.1, 0.15) is 0 Å². The fourth-order valence-corrected chi connectivity index (χ4v) is 2.26. The molecule has 0 saturated carbocycles. The number of hydrogen-bond acceptors (Lipinski definition) is 1. The second kappa shape index (κ2) is 4.08. The Labute approximate surface area is 89.0 Å². The number of benzene rings is 1. The highest BCUT2D eigenvalue weighted by molar-refractivity contribution is 7.98. The lowest BCUT2D eigenvalue weighted by atomic mass is 10.3. The largest absolute Gasteiger partial charge is 0.589 e. The van der Waals surface area contributed by atoms with Gasteiger partial charge in [-0.2, -0.15) is 0 Å². The molecule has 0 aliphatic heterocycles. The molecule has 16 heavy (non-hydrogen) atoms. The van der Waals surface area contributed by atoms with E-state index in [1.54, 1.807) is 0 Å². The third kappa shape index (κ3) is 2.75. The van der Waals surface area contributed by atoms with Crippen LogP contribution in [0.3, 0.4) is 0 Å². The van der Waals surface area contributed by atoms with Crippen LogP contribution in [0.2, 0.25) is 0 Å². The minimum atomic E-state index is -5.46. The predicted molar refractivity (Wildman–Crippen MR) is 45.8 cm³/mol. The highest BCUT2D eigenvalue weighted by Gasteiger charge is 2.71.